The van der Waals surface area contributed by atoms with Gasteiger partial charge < -0.3 is 15.4 Å². The Kier molecular flexibility index (Phi) is 6.53. The Labute approximate surface area is 137 Å². The summed E-state index contributed by atoms with van der Waals surface area (Å²) >= 11 is 0. The zero-order valence-corrected chi connectivity index (χ0v) is 13.9. The third-order valence-corrected chi connectivity index (χ3v) is 4.34. The molecular weight excluding hydrogens is 293 g/mol. The van der Waals surface area contributed by atoms with Gasteiger partial charge in [0.15, 0.2) is 5.69 Å². The van der Waals surface area contributed by atoms with Gasteiger partial charge in [-0.1, -0.05) is 33.1 Å². The van der Waals surface area contributed by atoms with E-state index >= 15 is 0 Å². The van der Waals surface area contributed by atoms with Crippen LogP contribution in [0.5, 0.6) is 0 Å². The van der Waals surface area contributed by atoms with Gasteiger partial charge in [-0.25, -0.2) is 0 Å². The SMILES string of the molecule is CC(C)C[C@H](NC(=O)c1ccc(C2CCCCC2)nn1)B(O)O. The van der Waals surface area contributed by atoms with Crippen molar-refractivity contribution in [2.24, 2.45) is 5.92 Å². The quantitative estimate of drug-likeness (QED) is 0.693. The van der Waals surface area contributed by atoms with Crippen molar-refractivity contribution in [2.75, 3.05) is 0 Å². The number of aromatic nitrogens is 2. The molecule has 0 aromatic carbocycles. The van der Waals surface area contributed by atoms with E-state index < -0.39 is 19.0 Å². The van der Waals surface area contributed by atoms with Crippen LogP contribution in [-0.4, -0.2) is 39.2 Å². The number of amides is 1. The Morgan fingerprint density at radius 1 is 1.26 bits per heavy atom. The monoisotopic (exact) mass is 319 g/mol. The lowest BCUT2D eigenvalue weighted by Gasteiger charge is -2.21. The molecule has 6 nitrogen and oxygen atoms in total. The van der Waals surface area contributed by atoms with E-state index in [1.165, 1.54) is 19.3 Å². The van der Waals surface area contributed by atoms with Crippen LogP contribution in [0.15, 0.2) is 12.1 Å². The number of carbonyl (C=O) groups excluding carboxylic acids is 1. The normalized spacial score (nSPS) is 17.1. The molecule has 1 aliphatic carbocycles. The van der Waals surface area contributed by atoms with E-state index in [1.54, 1.807) is 6.07 Å². The fourth-order valence-corrected chi connectivity index (χ4v) is 3.09. The molecule has 1 amide bonds. The summed E-state index contributed by atoms with van der Waals surface area (Å²) in [6.45, 7) is 3.92. The lowest BCUT2D eigenvalue weighted by molar-refractivity contribution is 0.0932. The highest BCUT2D eigenvalue weighted by Gasteiger charge is 2.27. The first-order valence-electron chi connectivity index (χ1n) is 8.48. The molecule has 126 valence electrons. The topological polar surface area (TPSA) is 95.3 Å². The summed E-state index contributed by atoms with van der Waals surface area (Å²) < 4.78 is 0. The van der Waals surface area contributed by atoms with Gasteiger partial charge in [0.2, 0.25) is 0 Å². The predicted octanol–water partition coefficient (Wildman–Crippen LogP) is 1.68. The highest BCUT2D eigenvalue weighted by atomic mass is 16.4. The van der Waals surface area contributed by atoms with Crippen LogP contribution in [0.1, 0.15) is 74.5 Å². The zero-order valence-electron chi connectivity index (χ0n) is 13.9. The molecule has 0 aliphatic heterocycles. The molecule has 1 aromatic heterocycles. The van der Waals surface area contributed by atoms with Crippen molar-refractivity contribution < 1.29 is 14.8 Å². The van der Waals surface area contributed by atoms with Gasteiger partial charge in [0.1, 0.15) is 0 Å². The molecule has 0 saturated heterocycles. The Morgan fingerprint density at radius 3 is 2.48 bits per heavy atom. The highest BCUT2D eigenvalue weighted by molar-refractivity contribution is 6.43. The van der Waals surface area contributed by atoms with Crippen LogP contribution < -0.4 is 5.32 Å². The Balaban J connectivity index is 1.98. The lowest BCUT2D eigenvalue weighted by Crippen LogP contribution is -2.47. The van der Waals surface area contributed by atoms with Crippen molar-refractivity contribution in [1.29, 1.82) is 0 Å². The van der Waals surface area contributed by atoms with E-state index in [9.17, 15) is 14.8 Å². The number of hydrogen-bond donors (Lipinski definition) is 3. The molecule has 0 bridgehead atoms. The number of hydrogen-bond acceptors (Lipinski definition) is 5. The molecule has 1 saturated carbocycles. The van der Waals surface area contributed by atoms with Crippen LogP contribution in [0.3, 0.4) is 0 Å². The molecule has 1 heterocycles. The molecule has 1 fully saturated rings. The van der Waals surface area contributed by atoms with E-state index in [1.807, 2.05) is 19.9 Å². The van der Waals surface area contributed by atoms with Gasteiger partial charge in [0, 0.05) is 5.92 Å². The molecule has 3 N–H and O–H groups in total. The maximum Gasteiger partial charge on any atom is 0.475 e. The summed E-state index contributed by atoms with van der Waals surface area (Å²) in [6.07, 6.45) is 6.47. The number of carbonyl (C=O) groups is 1. The first-order chi connectivity index (χ1) is 11.0. The molecule has 0 radical (unpaired) electrons. The van der Waals surface area contributed by atoms with Crippen molar-refractivity contribution in [1.82, 2.24) is 15.5 Å². The van der Waals surface area contributed by atoms with Gasteiger partial charge in [0.05, 0.1) is 11.6 Å². The minimum atomic E-state index is -1.59. The van der Waals surface area contributed by atoms with Crippen molar-refractivity contribution >= 4 is 13.0 Å². The van der Waals surface area contributed by atoms with Crippen LogP contribution in [0.2, 0.25) is 0 Å². The summed E-state index contributed by atoms with van der Waals surface area (Å²) in [5.41, 5.74) is 1.15. The van der Waals surface area contributed by atoms with E-state index in [0.717, 1.165) is 18.5 Å². The van der Waals surface area contributed by atoms with Crippen LogP contribution >= 0.6 is 0 Å². The minimum absolute atomic E-state index is 0.207. The highest BCUT2D eigenvalue weighted by Crippen LogP contribution is 2.31. The van der Waals surface area contributed by atoms with Gasteiger partial charge in [-0.3, -0.25) is 4.79 Å². The van der Waals surface area contributed by atoms with E-state index in [-0.39, 0.29) is 11.6 Å². The molecular formula is C16H26BN3O3. The summed E-state index contributed by atoms with van der Waals surface area (Å²) in [4.78, 5) is 12.2. The average Bonchev–Trinajstić information content (AvgIpc) is 2.54. The van der Waals surface area contributed by atoms with Crippen molar-refractivity contribution in [2.45, 2.75) is 64.2 Å². The van der Waals surface area contributed by atoms with Crippen molar-refractivity contribution in [3.63, 3.8) is 0 Å². The van der Waals surface area contributed by atoms with Gasteiger partial charge in [-0.15, -0.1) is 5.10 Å². The Hall–Kier alpha value is -1.47. The van der Waals surface area contributed by atoms with Crippen LogP contribution in [-0.2, 0) is 0 Å². The number of rotatable bonds is 6. The number of nitrogens with one attached hydrogen (secondary N) is 1. The molecule has 0 spiro atoms. The summed E-state index contributed by atoms with van der Waals surface area (Å²) in [7, 11) is -1.59. The molecule has 1 aliphatic rings. The van der Waals surface area contributed by atoms with Gasteiger partial charge in [-0.2, -0.15) is 5.10 Å². The van der Waals surface area contributed by atoms with Gasteiger partial charge in [-0.05, 0) is 37.3 Å². The van der Waals surface area contributed by atoms with Crippen LogP contribution in [0.4, 0.5) is 0 Å². The van der Waals surface area contributed by atoms with Crippen molar-refractivity contribution in [3.05, 3.63) is 23.5 Å². The molecule has 7 heteroatoms. The molecule has 2 rings (SSSR count). The standard InChI is InChI=1S/C16H26BN3O3/c1-11(2)10-15(17(22)23)18-16(21)14-9-8-13(19-20-14)12-6-4-3-5-7-12/h8-9,11-12,15,22-23H,3-7,10H2,1-2H3,(H,18,21)/t15-/m0/s1. The second-order valence-electron chi connectivity index (χ2n) is 6.80. The lowest BCUT2D eigenvalue weighted by atomic mass is 9.75. The van der Waals surface area contributed by atoms with E-state index in [0.29, 0.717) is 12.3 Å². The van der Waals surface area contributed by atoms with E-state index in [2.05, 4.69) is 15.5 Å². The average molecular weight is 319 g/mol. The maximum atomic E-state index is 12.2. The summed E-state index contributed by atoms with van der Waals surface area (Å²) in [5, 5.41) is 29.6. The third-order valence-electron chi connectivity index (χ3n) is 4.34. The van der Waals surface area contributed by atoms with Gasteiger partial charge in [0.25, 0.3) is 5.91 Å². The smallest absolute Gasteiger partial charge is 0.426 e. The molecule has 1 aromatic rings. The Bertz CT molecular complexity index is 502. The first-order valence-corrected chi connectivity index (χ1v) is 8.48. The third kappa shape index (κ3) is 5.29. The molecule has 23 heavy (non-hydrogen) atoms. The molecule has 0 unspecified atom stereocenters. The van der Waals surface area contributed by atoms with Crippen LogP contribution in [0, 0.1) is 5.92 Å². The fraction of sp³-hybridized carbons (Fsp3) is 0.688. The van der Waals surface area contributed by atoms with E-state index in [4.69, 9.17) is 0 Å². The largest absolute Gasteiger partial charge is 0.475 e. The predicted molar refractivity (Wildman–Crippen MR) is 88.8 cm³/mol. The summed E-state index contributed by atoms with van der Waals surface area (Å²) in [5.74, 6) is -0.447. The number of nitrogens with zero attached hydrogens (tertiary/aromatic N) is 2. The van der Waals surface area contributed by atoms with Gasteiger partial charge >= 0.3 is 7.12 Å². The summed E-state index contributed by atoms with van der Waals surface area (Å²) in [6, 6.07) is 3.53. The molecule has 1 atom stereocenters. The van der Waals surface area contributed by atoms with Crippen LogP contribution in [0.25, 0.3) is 0 Å². The minimum Gasteiger partial charge on any atom is -0.426 e. The first kappa shape index (κ1) is 17.9. The second-order valence-corrected chi connectivity index (χ2v) is 6.80. The maximum absolute atomic E-state index is 12.2. The van der Waals surface area contributed by atoms with Crippen molar-refractivity contribution in [3.8, 4) is 0 Å². The zero-order chi connectivity index (χ0) is 16.8. The Morgan fingerprint density at radius 2 is 1.96 bits per heavy atom. The fourth-order valence-electron chi connectivity index (χ4n) is 3.09. The second kappa shape index (κ2) is 8.40.